The second-order valence-electron chi connectivity index (χ2n) is 6.20. The van der Waals surface area contributed by atoms with Gasteiger partial charge in [0.2, 0.25) is 11.8 Å². The summed E-state index contributed by atoms with van der Waals surface area (Å²) in [5.74, 6) is 1.38. The van der Waals surface area contributed by atoms with E-state index >= 15 is 0 Å². The van der Waals surface area contributed by atoms with Crippen molar-refractivity contribution in [3.05, 3.63) is 23.3 Å². The van der Waals surface area contributed by atoms with Crippen LogP contribution >= 0.6 is 0 Å². The zero-order valence-electron chi connectivity index (χ0n) is 15.1. The van der Waals surface area contributed by atoms with E-state index in [1.54, 1.807) is 28.4 Å². The van der Waals surface area contributed by atoms with Crippen molar-refractivity contribution in [1.29, 1.82) is 0 Å². The molecule has 25 heavy (non-hydrogen) atoms. The number of amides is 2. The van der Waals surface area contributed by atoms with Crippen LogP contribution in [0.3, 0.4) is 0 Å². The lowest BCUT2D eigenvalue weighted by molar-refractivity contribution is -0.150. The minimum Gasteiger partial charge on any atom is -0.496 e. The Balaban J connectivity index is 2.29. The Morgan fingerprint density at radius 2 is 1.64 bits per heavy atom. The van der Waals surface area contributed by atoms with Gasteiger partial charge in [-0.3, -0.25) is 14.5 Å². The molecule has 1 atom stereocenters. The third-order valence-corrected chi connectivity index (χ3v) is 4.89. The summed E-state index contributed by atoms with van der Waals surface area (Å²) in [5, 5.41) is 0. The Hall–Kier alpha value is -2.70. The molecule has 0 bridgehead atoms. The Morgan fingerprint density at radius 1 is 1.04 bits per heavy atom. The van der Waals surface area contributed by atoms with Crippen LogP contribution in [0.5, 0.6) is 17.2 Å². The lowest BCUT2D eigenvalue weighted by Crippen LogP contribution is -2.59. The van der Waals surface area contributed by atoms with Crippen LogP contribution in [-0.4, -0.2) is 62.6 Å². The van der Waals surface area contributed by atoms with E-state index in [2.05, 4.69) is 6.58 Å². The Bertz CT molecular complexity index is 786. The van der Waals surface area contributed by atoms with Gasteiger partial charge in [0.1, 0.15) is 11.8 Å². The zero-order valence-corrected chi connectivity index (χ0v) is 15.1. The molecule has 1 aromatic carbocycles. The van der Waals surface area contributed by atoms with Crippen molar-refractivity contribution in [2.75, 3.05) is 34.9 Å². The molecular weight excluding hydrogens is 324 g/mol. The van der Waals surface area contributed by atoms with Crippen LogP contribution in [0.1, 0.15) is 16.7 Å². The highest BCUT2D eigenvalue weighted by Crippen LogP contribution is 2.50. The summed E-state index contributed by atoms with van der Waals surface area (Å²) in [6, 6.07) is -0.613. The largest absolute Gasteiger partial charge is 0.496 e. The maximum Gasteiger partial charge on any atom is 0.247 e. The molecular formula is C18H22N2O5. The summed E-state index contributed by atoms with van der Waals surface area (Å²) >= 11 is 0. The second kappa shape index (κ2) is 5.98. The number of benzene rings is 1. The van der Waals surface area contributed by atoms with Gasteiger partial charge in [-0.15, -0.1) is 0 Å². The average Bonchev–Trinajstić information content (AvgIpc) is 2.58. The molecule has 0 N–H and O–H groups in total. The van der Waals surface area contributed by atoms with E-state index in [4.69, 9.17) is 14.2 Å². The molecule has 2 amide bonds. The minimum atomic E-state index is -0.613. The summed E-state index contributed by atoms with van der Waals surface area (Å²) in [7, 11) is 6.30. The fraction of sp³-hybridized carbons (Fsp3) is 0.444. The molecule has 0 radical (unpaired) electrons. The molecule has 134 valence electrons. The molecule has 7 nitrogen and oxygen atoms in total. The molecule has 7 heteroatoms. The molecule has 0 unspecified atom stereocenters. The molecule has 1 aromatic rings. The van der Waals surface area contributed by atoms with E-state index in [0.29, 0.717) is 34.9 Å². The molecule has 2 aliphatic rings. The van der Waals surface area contributed by atoms with Crippen LogP contribution in [0, 0.1) is 6.92 Å². The summed E-state index contributed by atoms with van der Waals surface area (Å²) in [5.41, 5.74) is 2.68. The van der Waals surface area contributed by atoms with Crippen molar-refractivity contribution < 1.29 is 23.8 Å². The highest BCUT2D eigenvalue weighted by atomic mass is 16.5. The summed E-state index contributed by atoms with van der Waals surface area (Å²) < 4.78 is 16.7. The number of hydrogen-bond acceptors (Lipinski definition) is 5. The molecule has 1 saturated heterocycles. The molecule has 0 saturated carbocycles. The van der Waals surface area contributed by atoms with Gasteiger partial charge in [0.05, 0.1) is 33.4 Å². The number of methoxy groups -OCH3 is 3. The predicted octanol–water partition coefficient (Wildman–Crippen LogP) is 1.22. The normalized spacial score (nSPS) is 19.6. The molecule has 1 fully saturated rings. The SMILES string of the molecule is C=C1c2c(c(OC)c(C)c(OC)c2OC)C[C@H]2C(=O)N(C)CC(=O)N12. The van der Waals surface area contributed by atoms with Crippen LogP contribution in [0.15, 0.2) is 6.58 Å². The Kier molecular flexibility index (Phi) is 4.10. The molecule has 0 spiro atoms. The van der Waals surface area contributed by atoms with Gasteiger partial charge < -0.3 is 19.1 Å². The second-order valence-corrected chi connectivity index (χ2v) is 6.20. The number of likely N-dealkylation sites (N-methyl/N-ethyl adjacent to an activating group) is 1. The van der Waals surface area contributed by atoms with Gasteiger partial charge in [0, 0.05) is 30.3 Å². The standard InChI is InChI=1S/C18H22N2O5/c1-9-15(23-4)11-7-12-18(22)19(3)8-13(21)20(12)10(2)14(11)17(25-6)16(9)24-5/h12H,2,7-8H2,1,3-6H3/t12-/m0/s1. The molecule has 0 aliphatic carbocycles. The molecule has 0 aromatic heterocycles. The quantitative estimate of drug-likeness (QED) is 0.823. The molecule has 2 aliphatic heterocycles. The number of ether oxygens (including phenoxy) is 3. The summed E-state index contributed by atoms with van der Waals surface area (Å²) in [4.78, 5) is 28.1. The van der Waals surface area contributed by atoms with Gasteiger partial charge in [-0.1, -0.05) is 6.58 Å². The maximum absolute atomic E-state index is 12.6. The monoisotopic (exact) mass is 346 g/mol. The first-order valence-corrected chi connectivity index (χ1v) is 7.95. The smallest absolute Gasteiger partial charge is 0.247 e. The van der Waals surface area contributed by atoms with Crippen molar-refractivity contribution in [1.82, 2.24) is 9.80 Å². The molecule has 3 rings (SSSR count). The van der Waals surface area contributed by atoms with Crippen molar-refractivity contribution in [2.45, 2.75) is 19.4 Å². The van der Waals surface area contributed by atoms with Gasteiger partial charge >= 0.3 is 0 Å². The highest BCUT2D eigenvalue weighted by molar-refractivity contribution is 6.02. The van der Waals surface area contributed by atoms with Gasteiger partial charge in [0.15, 0.2) is 11.5 Å². The van der Waals surface area contributed by atoms with Crippen LogP contribution in [-0.2, 0) is 16.0 Å². The first-order chi connectivity index (χ1) is 11.9. The van der Waals surface area contributed by atoms with Gasteiger partial charge in [-0.25, -0.2) is 0 Å². The van der Waals surface area contributed by atoms with Crippen molar-refractivity contribution in [3.8, 4) is 17.2 Å². The Morgan fingerprint density at radius 3 is 2.20 bits per heavy atom. The van der Waals surface area contributed by atoms with Gasteiger partial charge in [-0.2, -0.15) is 0 Å². The van der Waals surface area contributed by atoms with Crippen LogP contribution in [0.2, 0.25) is 0 Å². The number of rotatable bonds is 3. The average molecular weight is 346 g/mol. The molecule has 2 heterocycles. The van der Waals surface area contributed by atoms with Crippen LogP contribution < -0.4 is 14.2 Å². The summed E-state index contributed by atoms with van der Waals surface area (Å²) in [6.45, 7) is 5.99. The number of hydrogen-bond donors (Lipinski definition) is 0. The van der Waals surface area contributed by atoms with E-state index in [-0.39, 0.29) is 18.4 Å². The van der Waals surface area contributed by atoms with Crippen molar-refractivity contribution in [2.24, 2.45) is 0 Å². The number of carbonyl (C=O) groups is 2. The number of fused-ring (bicyclic) bond motifs is 2. The topological polar surface area (TPSA) is 68.3 Å². The Labute approximate surface area is 146 Å². The zero-order chi connectivity index (χ0) is 18.5. The maximum atomic E-state index is 12.6. The van der Waals surface area contributed by atoms with Crippen LogP contribution in [0.4, 0.5) is 0 Å². The first-order valence-electron chi connectivity index (χ1n) is 7.95. The van der Waals surface area contributed by atoms with Crippen LogP contribution in [0.25, 0.3) is 5.70 Å². The van der Waals surface area contributed by atoms with Gasteiger partial charge in [-0.05, 0) is 6.92 Å². The third kappa shape index (κ3) is 2.26. The predicted molar refractivity (Wildman–Crippen MR) is 91.8 cm³/mol. The highest BCUT2D eigenvalue weighted by Gasteiger charge is 2.45. The van der Waals surface area contributed by atoms with E-state index < -0.39 is 6.04 Å². The fourth-order valence-electron chi connectivity index (χ4n) is 3.81. The van der Waals surface area contributed by atoms with E-state index in [1.807, 2.05) is 6.92 Å². The minimum absolute atomic E-state index is 0.0339. The number of piperazine rings is 1. The summed E-state index contributed by atoms with van der Waals surface area (Å²) in [6.07, 6.45) is 0.341. The van der Waals surface area contributed by atoms with Crippen molar-refractivity contribution >= 4 is 17.5 Å². The van der Waals surface area contributed by atoms with E-state index in [0.717, 1.165) is 11.1 Å². The van der Waals surface area contributed by atoms with E-state index in [9.17, 15) is 9.59 Å². The van der Waals surface area contributed by atoms with E-state index in [1.165, 1.54) is 9.80 Å². The fourth-order valence-corrected chi connectivity index (χ4v) is 3.81. The van der Waals surface area contributed by atoms with Gasteiger partial charge in [0.25, 0.3) is 0 Å². The van der Waals surface area contributed by atoms with Crippen molar-refractivity contribution in [3.63, 3.8) is 0 Å². The number of nitrogens with zero attached hydrogens (tertiary/aromatic N) is 2. The lowest BCUT2D eigenvalue weighted by atomic mass is 9.86. The third-order valence-electron chi connectivity index (χ3n) is 4.89. The number of carbonyl (C=O) groups excluding carboxylic acids is 2. The lowest BCUT2D eigenvalue weighted by Gasteiger charge is -2.44. The first kappa shape index (κ1) is 17.1.